The first-order valence-corrected chi connectivity index (χ1v) is 6.59. The van der Waals surface area contributed by atoms with Crippen LogP contribution < -0.4 is 5.32 Å². The number of anilines is 1. The molecule has 2 rings (SSSR count). The van der Waals surface area contributed by atoms with E-state index in [2.05, 4.69) is 26.3 Å². The van der Waals surface area contributed by atoms with Crippen LogP contribution >= 0.6 is 15.9 Å². The van der Waals surface area contributed by atoms with Gasteiger partial charge >= 0.3 is 0 Å². The van der Waals surface area contributed by atoms with Gasteiger partial charge in [-0.15, -0.1) is 0 Å². The summed E-state index contributed by atoms with van der Waals surface area (Å²) in [6.07, 6.45) is 1.55. The minimum Gasteiger partial charge on any atom is -0.321 e. The molecule has 104 valence electrons. The van der Waals surface area contributed by atoms with Gasteiger partial charge in [0.1, 0.15) is 5.69 Å². The Balaban J connectivity index is 2.19. The predicted molar refractivity (Wildman–Crippen MR) is 76.7 cm³/mol. The Bertz CT molecular complexity index is 651. The number of carbonyl (C=O) groups is 1. The van der Waals surface area contributed by atoms with Crippen LogP contribution in [0.5, 0.6) is 0 Å². The minimum absolute atomic E-state index is 0.0252. The van der Waals surface area contributed by atoms with E-state index in [-0.39, 0.29) is 11.6 Å². The number of rotatable bonds is 4. The number of hydrogen-bond acceptors (Lipinski definition) is 4. The fraction of sp³-hybridized carbons (Fsp3) is 0.167. The molecule has 0 radical (unpaired) electrons. The van der Waals surface area contributed by atoms with Gasteiger partial charge in [0, 0.05) is 24.4 Å². The van der Waals surface area contributed by atoms with Crippen molar-refractivity contribution in [3.63, 3.8) is 0 Å². The highest BCUT2D eigenvalue weighted by atomic mass is 79.9. The number of nitrogens with one attached hydrogen (secondary N) is 1. The van der Waals surface area contributed by atoms with E-state index in [1.165, 1.54) is 24.3 Å². The molecule has 1 amide bonds. The number of non-ortho nitro benzene ring substituents is 1. The molecule has 0 atom stereocenters. The molecule has 1 aromatic heterocycles. The van der Waals surface area contributed by atoms with E-state index < -0.39 is 4.92 Å². The van der Waals surface area contributed by atoms with E-state index in [1.807, 2.05) is 6.92 Å². The summed E-state index contributed by atoms with van der Waals surface area (Å²) in [5, 5.41) is 17.3. The summed E-state index contributed by atoms with van der Waals surface area (Å²) in [4.78, 5) is 22.2. The first-order chi connectivity index (χ1) is 9.52. The second-order valence-electron chi connectivity index (χ2n) is 3.91. The maximum absolute atomic E-state index is 12.2. The number of amides is 1. The Morgan fingerprint density at radius 2 is 2.10 bits per heavy atom. The largest absolute Gasteiger partial charge is 0.321 e. The highest BCUT2D eigenvalue weighted by molar-refractivity contribution is 9.10. The van der Waals surface area contributed by atoms with Crippen molar-refractivity contribution >= 4 is 33.2 Å². The van der Waals surface area contributed by atoms with Crippen LogP contribution in [0.3, 0.4) is 0 Å². The number of nitro benzene ring substituents is 1. The highest BCUT2D eigenvalue weighted by Gasteiger charge is 2.16. The predicted octanol–water partition coefficient (Wildman–Crippen LogP) is 2.83. The summed E-state index contributed by atoms with van der Waals surface area (Å²) in [6.45, 7) is 2.44. The summed E-state index contributed by atoms with van der Waals surface area (Å²) in [6, 6.07) is 5.64. The van der Waals surface area contributed by atoms with Crippen molar-refractivity contribution in [3.8, 4) is 0 Å². The second kappa shape index (κ2) is 5.83. The highest BCUT2D eigenvalue weighted by Crippen LogP contribution is 2.19. The Morgan fingerprint density at radius 1 is 1.45 bits per heavy atom. The van der Waals surface area contributed by atoms with Crippen molar-refractivity contribution < 1.29 is 9.72 Å². The van der Waals surface area contributed by atoms with Crippen molar-refractivity contribution in [2.75, 3.05) is 5.32 Å². The van der Waals surface area contributed by atoms with Crippen LogP contribution in [0.2, 0.25) is 0 Å². The van der Waals surface area contributed by atoms with Crippen molar-refractivity contribution in [1.82, 2.24) is 9.78 Å². The molecule has 0 bridgehead atoms. The third-order valence-corrected chi connectivity index (χ3v) is 3.23. The molecule has 1 aromatic carbocycles. The number of nitrogens with zero attached hydrogens (tertiary/aromatic N) is 3. The molecule has 8 heteroatoms. The van der Waals surface area contributed by atoms with Crippen LogP contribution in [-0.2, 0) is 6.54 Å². The normalized spacial score (nSPS) is 10.3. The van der Waals surface area contributed by atoms with E-state index >= 15 is 0 Å². The van der Waals surface area contributed by atoms with Crippen LogP contribution in [0.15, 0.2) is 34.9 Å². The number of carbonyl (C=O) groups excluding carboxylic acids is 1. The number of hydrogen-bond donors (Lipinski definition) is 1. The van der Waals surface area contributed by atoms with Gasteiger partial charge < -0.3 is 5.32 Å². The van der Waals surface area contributed by atoms with E-state index in [0.717, 1.165) is 0 Å². The molecule has 0 unspecified atom stereocenters. The number of aryl methyl sites for hydroxylation is 1. The van der Waals surface area contributed by atoms with Crippen molar-refractivity contribution in [1.29, 1.82) is 0 Å². The Morgan fingerprint density at radius 3 is 2.65 bits per heavy atom. The van der Waals surface area contributed by atoms with E-state index in [9.17, 15) is 14.9 Å². The van der Waals surface area contributed by atoms with Gasteiger partial charge in [-0.25, -0.2) is 0 Å². The number of benzene rings is 1. The number of aromatic nitrogens is 2. The van der Waals surface area contributed by atoms with Crippen LogP contribution in [-0.4, -0.2) is 20.6 Å². The second-order valence-corrected chi connectivity index (χ2v) is 4.77. The van der Waals surface area contributed by atoms with Crippen LogP contribution in [0.4, 0.5) is 11.4 Å². The molecule has 0 fully saturated rings. The standard InChI is InChI=1S/C12H11BrN4O3/c1-2-16-11(10(13)7-14-16)12(18)15-8-3-5-9(6-4-8)17(19)20/h3-7H,2H2,1H3,(H,15,18). The average Bonchev–Trinajstić information content (AvgIpc) is 2.80. The SMILES string of the molecule is CCn1ncc(Br)c1C(=O)Nc1ccc([N+](=O)[O-])cc1. The van der Waals surface area contributed by atoms with E-state index in [1.54, 1.807) is 10.9 Å². The zero-order valence-electron chi connectivity index (χ0n) is 10.5. The van der Waals surface area contributed by atoms with Crippen molar-refractivity contribution in [2.45, 2.75) is 13.5 Å². The van der Waals surface area contributed by atoms with Gasteiger partial charge in [0.05, 0.1) is 15.6 Å². The van der Waals surface area contributed by atoms with Crippen LogP contribution in [0.25, 0.3) is 0 Å². The maximum Gasteiger partial charge on any atom is 0.275 e. The molecular formula is C12H11BrN4O3. The van der Waals surface area contributed by atoms with Crippen LogP contribution in [0.1, 0.15) is 17.4 Å². The van der Waals surface area contributed by atoms with Gasteiger partial charge in [0.25, 0.3) is 11.6 Å². The molecule has 0 saturated carbocycles. The molecule has 0 aliphatic heterocycles. The molecule has 0 spiro atoms. The molecule has 0 aliphatic rings. The van der Waals surface area contributed by atoms with Gasteiger partial charge in [-0.3, -0.25) is 19.6 Å². The molecule has 1 heterocycles. The van der Waals surface area contributed by atoms with Crippen molar-refractivity contribution in [2.24, 2.45) is 0 Å². The first kappa shape index (κ1) is 14.2. The summed E-state index contributed by atoms with van der Waals surface area (Å²) in [7, 11) is 0. The molecule has 2 aromatic rings. The fourth-order valence-corrected chi connectivity index (χ4v) is 2.16. The fourth-order valence-electron chi connectivity index (χ4n) is 1.68. The topological polar surface area (TPSA) is 90.1 Å². The van der Waals surface area contributed by atoms with Gasteiger partial charge in [-0.1, -0.05) is 0 Å². The Hall–Kier alpha value is -2.22. The summed E-state index contributed by atoms with van der Waals surface area (Å²) in [5.74, 6) is -0.329. The number of halogens is 1. The van der Waals surface area contributed by atoms with Gasteiger partial charge in [0.15, 0.2) is 0 Å². The monoisotopic (exact) mass is 338 g/mol. The zero-order valence-corrected chi connectivity index (χ0v) is 12.1. The summed E-state index contributed by atoms with van der Waals surface area (Å²) in [5.41, 5.74) is 0.866. The quantitative estimate of drug-likeness (QED) is 0.685. The zero-order chi connectivity index (χ0) is 14.7. The molecule has 0 saturated heterocycles. The number of nitro groups is 1. The molecular weight excluding hydrogens is 328 g/mol. The first-order valence-electron chi connectivity index (χ1n) is 5.80. The van der Waals surface area contributed by atoms with Crippen molar-refractivity contribution in [3.05, 3.63) is 50.7 Å². The molecule has 7 nitrogen and oxygen atoms in total. The average molecular weight is 339 g/mol. The van der Waals surface area contributed by atoms with E-state index in [4.69, 9.17) is 0 Å². The Labute approximate surface area is 122 Å². The van der Waals surface area contributed by atoms with Gasteiger partial charge in [-0.05, 0) is 35.0 Å². The lowest BCUT2D eigenvalue weighted by Crippen LogP contribution is -2.17. The summed E-state index contributed by atoms with van der Waals surface area (Å²) >= 11 is 3.27. The Kier molecular flexibility index (Phi) is 4.14. The van der Waals surface area contributed by atoms with Crippen LogP contribution in [0, 0.1) is 10.1 Å². The molecule has 0 aliphatic carbocycles. The maximum atomic E-state index is 12.2. The molecule has 20 heavy (non-hydrogen) atoms. The summed E-state index contributed by atoms with van der Waals surface area (Å²) < 4.78 is 2.16. The third-order valence-electron chi connectivity index (χ3n) is 2.65. The van der Waals surface area contributed by atoms with Gasteiger partial charge in [-0.2, -0.15) is 5.10 Å². The minimum atomic E-state index is -0.492. The lowest BCUT2D eigenvalue weighted by molar-refractivity contribution is -0.384. The lowest BCUT2D eigenvalue weighted by atomic mass is 10.2. The lowest BCUT2D eigenvalue weighted by Gasteiger charge is -2.07. The van der Waals surface area contributed by atoms with Gasteiger partial charge in [0.2, 0.25) is 0 Å². The molecule has 1 N–H and O–H groups in total. The van der Waals surface area contributed by atoms with E-state index in [0.29, 0.717) is 22.4 Å². The smallest absolute Gasteiger partial charge is 0.275 e. The third kappa shape index (κ3) is 2.85.